The molecule has 1 N–H and O–H groups in total. The highest BCUT2D eigenvalue weighted by Crippen LogP contribution is 2.19. The average Bonchev–Trinajstić information content (AvgIpc) is 2.98. The molecular formula is C16H20FN3O5S. The van der Waals surface area contributed by atoms with Crippen LogP contribution in [0.5, 0.6) is 0 Å². The third-order valence-electron chi connectivity index (χ3n) is 3.06. The van der Waals surface area contributed by atoms with Crippen LogP contribution in [0.3, 0.4) is 0 Å². The highest BCUT2D eigenvalue weighted by molar-refractivity contribution is 7.90. The van der Waals surface area contributed by atoms with Gasteiger partial charge in [-0.05, 0) is 45.4 Å². The molecule has 0 aliphatic heterocycles. The zero-order valence-corrected chi connectivity index (χ0v) is 15.6. The molecule has 0 saturated heterocycles. The molecule has 142 valence electrons. The van der Waals surface area contributed by atoms with Crippen LogP contribution >= 0.6 is 0 Å². The second-order valence-electron chi connectivity index (χ2n) is 6.66. The van der Waals surface area contributed by atoms with Crippen LogP contribution in [0.4, 0.5) is 9.18 Å². The van der Waals surface area contributed by atoms with Gasteiger partial charge in [-0.2, -0.15) is 0 Å². The number of hydrogen-bond donors (Lipinski definition) is 1. The SMILES string of the molecule is C[C@@H](NC(=O)OC(C)(C)C)c1nnc(S(=O)(=O)Cc2ccc(F)cc2)o1. The molecule has 1 atom stereocenters. The third-order valence-corrected chi connectivity index (χ3v) is 4.47. The minimum atomic E-state index is -3.90. The van der Waals surface area contributed by atoms with Crippen LogP contribution in [-0.2, 0) is 20.3 Å². The number of carbonyl (C=O) groups excluding carboxylic acids is 1. The molecule has 1 aromatic heterocycles. The molecule has 0 aliphatic rings. The summed E-state index contributed by atoms with van der Waals surface area (Å²) in [4.78, 5) is 11.7. The fraction of sp³-hybridized carbons (Fsp3) is 0.438. The summed E-state index contributed by atoms with van der Waals surface area (Å²) in [6.07, 6.45) is -0.695. The zero-order valence-electron chi connectivity index (χ0n) is 14.8. The highest BCUT2D eigenvalue weighted by Gasteiger charge is 2.26. The molecule has 1 amide bonds. The molecule has 2 aromatic rings. The van der Waals surface area contributed by atoms with E-state index in [2.05, 4.69) is 15.5 Å². The van der Waals surface area contributed by atoms with E-state index in [0.29, 0.717) is 5.56 Å². The molecule has 2 rings (SSSR count). The van der Waals surface area contributed by atoms with Gasteiger partial charge in [0.1, 0.15) is 17.5 Å². The summed E-state index contributed by atoms with van der Waals surface area (Å²) in [5, 5.41) is 9.10. The maximum atomic E-state index is 12.9. The number of sulfone groups is 1. The number of carbonyl (C=O) groups is 1. The fourth-order valence-electron chi connectivity index (χ4n) is 1.93. The molecule has 1 aromatic carbocycles. The number of nitrogens with one attached hydrogen (secondary N) is 1. The van der Waals surface area contributed by atoms with E-state index in [1.165, 1.54) is 12.1 Å². The van der Waals surface area contributed by atoms with Crippen molar-refractivity contribution >= 4 is 15.9 Å². The average molecular weight is 385 g/mol. The lowest BCUT2D eigenvalue weighted by Crippen LogP contribution is -2.34. The van der Waals surface area contributed by atoms with Gasteiger partial charge in [-0.1, -0.05) is 17.2 Å². The van der Waals surface area contributed by atoms with Crippen LogP contribution in [-0.4, -0.2) is 30.3 Å². The summed E-state index contributed by atoms with van der Waals surface area (Å²) in [6.45, 7) is 6.69. The number of hydrogen-bond acceptors (Lipinski definition) is 7. The first-order chi connectivity index (χ1) is 12.0. The number of halogens is 1. The molecule has 8 nitrogen and oxygen atoms in total. The summed E-state index contributed by atoms with van der Waals surface area (Å²) in [6, 6.07) is 4.30. The summed E-state index contributed by atoms with van der Waals surface area (Å²) in [5.41, 5.74) is -0.298. The lowest BCUT2D eigenvalue weighted by atomic mass is 10.2. The smallest absolute Gasteiger partial charge is 0.408 e. The predicted octanol–water partition coefficient (Wildman–Crippen LogP) is 2.77. The van der Waals surface area contributed by atoms with Gasteiger partial charge in [0.05, 0.1) is 5.75 Å². The van der Waals surface area contributed by atoms with Crippen LogP contribution in [0.1, 0.15) is 45.2 Å². The van der Waals surface area contributed by atoms with Crippen molar-refractivity contribution in [3.63, 3.8) is 0 Å². The molecule has 10 heteroatoms. The van der Waals surface area contributed by atoms with E-state index in [1.54, 1.807) is 27.7 Å². The Morgan fingerprint density at radius 2 is 1.88 bits per heavy atom. The highest BCUT2D eigenvalue weighted by atomic mass is 32.2. The largest absolute Gasteiger partial charge is 0.444 e. The third kappa shape index (κ3) is 5.51. The summed E-state index contributed by atoms with van der Waals surface area (Å²) >= 11 is 0. The van der Waals surface area contributed by atoms with Gasteiger partial charge in [0, 0.05) is 0 Å². The summed E-state index contributed by atoms with van der Waals surface area (Å²) in [7, 11) is -3.90. The number of benzene rings is 1. The van der Waals surface area contributed by atoms with Gasteiger partial charge >= 0.3 is 11.3 Å². The minimum absolute atomic E-state index is 0.0754. The van der Waals surface area contributed by atoms with Crippen molar-refractivity contribution in [2.45, 2.75) is 50.3 Å². The van der Waals surface area contributed by atoms with Gasteiger partial charge in [0.15, 0.2) is 0 Å². The molecular weight excluding hydrogens is 365 g/mol. The van der Waals surface area contributed by atoms with Crippen LogP contribution in [0.25, 0.3) is 0 Å². The Kier molecular flexibility index (Phi) is 5.65. The molecule has 0 fully saturated rings. The number of nitrogens with zero attached hydrogens (tertiary/aromatic N) is 2. The quantitative estimate of drug-likeness (QED) is 0.842. The first-order valence-corrected chi connectivity index (χ1v) is 9.41. The first kappa shape index (κ1) is 19.8. The lowest BCUT2D eigenvalue weighted by Gasteiger charge is -2.20. The number of alkyl carbamates (subject to hydrolysis) is 1. The van der Waals surface area contributed by atoms with Crippen molar-refractivity contribution in [1.82, 2.24) is 15.5 Å². The number of aromatic nitrogens is 2. The monoisotopic (exact) mass is 385 g/mol. The van der Waals surface area contributed by atoms with Gasteiger partial charge in [0.25, 0.3) is 0 Å². The van der Waals surface area contributed by atoms with Crippen LogP contribution in [0.15, 0.2) is 33.9 Å². The lowest BCUT2D eigenvalue weighted by molar-refractivity contribution is 0.0500. The fourth-order valence-corrected chi connectivity index (χ4v) is 3.06. The molecule has 0 radical (unpaired) electrons. The topological polar surface area (TPSA) is 111 Å². The minimum Gasteiger partial charge on any atom is -0.444 e. The van der Waals surface area contributed by atoms with E-state index < -0.39 is 44.4 Å². The van der Waals surface area contributed by atoms with Crippen LogP contribution < -0.4 is 5.32 Å². The Morgan fingerprint density at radius 3 is 2.46 bits per heavy atom. The molecule has 0 aliphatic carbocycles. The second kappa shape index (κ2) is 7.40. The van der Waals surface area contributed by atoms with Crippen molar-refractivity contribution in [3.05, 3.63) is 41.5 Å². The van der Waals surface area contributed by atoms with E-state index >= 15 is 0 Å². The molecule has 0 unspecified atom stereocenters. The van der Waals surface area contributed by atoms with Crippen LogP contribution in [0, 0.1) is 5.82 Å². The Hall–Kier alpha value is -2.49. The second-order valence-corrected chi connectivity index (χ2v) is 8.53. The number of amides is 1. The summed E-state index contributed by atoms with van der Waals surface area (Å²) in [5.74, 6) is -0.954. The van der Waals surface area contributed by atoms with Gasteiger partial charge in [-0.15, -0.1) is 5.10 Å². The standard InChI is InChI=1S/C16H20FN3O5S/c1-10(18-14(21)25-16(2,3)4)13-19-20-15(24-13)26(22,23)9-11-5-7-12(17)8-6-11/h5-8,10H,9H2,1-4H3,(H,18,21)/t10-/m1/s1. The Labute approximate surface area is 150 Å². The van der Waals surface area contributed by atoms with Crippen molar-refractivity contribution in [3.8, 4) is 0 Å². The molecule has 26 heavy (non-hydrogen) atoms. The van der Waals surface area contributed by atoms with E-state index in [1.807, 2.05) is 0 Å². The van der Waals surface area contributed by atoms with E-state index in [-0.39, 0.29) is 5.89 Å². The summed E-state index contributed by atoms with van der Waals surface area (Å²) < 4.78 is 47.9. The normalized spacial score (nSPS) is 13.3. The van der Waals surface area contributed by atoms with E-state index in [0.717, 1.165) is 12.1 Å². The molecule has 1 heterocycles. The van der Waals surface area contributed by atoms with Crippen molar-refractivity contribution < 1.29 is 26.8 Å². The maximum Gasteiger partial charge on any atom is 0.408 e. The van der Waals surface area contributed by atoms with Crippen LogP contribution in [0.2, 0.25) is 0 Å². The van der Waals surface area contributed by atoms with Gasteiger partial charge in [-0.3, -0.25) is 0 Å². The Balaban J connectivity index is 2.07. The predicted molar refractivity (Wildman–Crippen MR) is 89.4 cm³/mol. The maximum absolute atomic E-state index is 12.9. The Morgan fingerprint density at radius 1 is 1.27 bits per heavy atom. The Bertz CT molecular complexity index is 872. The van der Waals surface area contributed by atoms with E-state index in [4.69, 9.17) is 9.15 Å². The number of rotatable bonds is 5. The van der Waals surface area contributed by atoms with E-state index in [9.17, 15) is 17.6 Å². The number of ether oxygens (including phenoxy) is 1. The van der Waals surface area contributed by atoms with Crippen molar-refractivity contribution in [1.29, 1.82) is 0 Å². The van der Waals surface area contributed by atoms with Gasteiger partial charge in [0.2, 0.25) is 15.7 Å². The van der Waals surface area contributed by atoms with Gasteiger partial charge < -0.3 is 14.5 Å². The zero-order chi connectivity index (χ0) is 19.5. The van der Waals surface area contributed by atoms with Crippen molar-refractivity contribution in [2.75, 3.05) is 0 Å². The first-order valence-electron chi connectivity index (χ1n) is 7.76. The molecule has 0 bridgehead atoms. The van der Waals surface area contributed by atoms with Crippen molar-refractivity contribution in [2.24, 2.45) is 0 Å². The molecule has 0 spiro atoms. The van der Waals surface area contributed by atoms with Gasteiger partial charge in [-0.25, -0.2) is 17.6 Å². The molecule has 0 saturated carbocycles.